The average molecular weight is 390 g/mol. The molecular formula is C18H20BrN3O2. The van der Waals surface area contributed by atoms with Gasteiger partial charge in [0.25, 0.3) is 0 Å². The first-order valence-corrected chi connectivity index (χ1v) is 8.76. The highest BCUT2D eigenvalue weighted by Gasteiger charge is 2.36. The van der Waals surface area contributed by atoms with E-state index in [0.29, 0.717) is 26.1 Å². The normalized spacial score (nSPS) is 20.7. The van der Waals surface area contributed by atoms with Gasteiger partial charge in [0.2, 0.25) is 0 Å². The number of aliphatic hydroxyl groups is 1. The van der Waals surface area contributed by atoms with Crippen LogP contribution in [0.4, 0.5) is 4.79 Å². The maximum Gasteiger partial charge on any atom is 0.317 e. The number of nitrogens with one attached hydrogen (secondary N) is 1. The third-order valence-corrected chi connectivity index (χ3v) is 4.83. The molecule has 1 atom stereocenters. The van der Waals surface area contributed by atoms with E-state index in [0.717, 1.165) is 22.0 Å². The number of carbonyl (C=O) groups excluding carboxylic acids is 1. The molecule has 1 aliphatic rings. The van der Waals surface area contributed by atoms with Gasteiger partial charge in [-0.3, -0.25) is 4.98 Å². The fourth-order valence-corrected chi connectivity index (χ4v) is 3.26. The summed E-state index contributed by atoms with van der Waals surface area (Å²) in [6, 6.07) is 11.2. The summed E-state index contributed by atoms with van der Waals surface area (Å²) in [7, 11) is 0. The molecule has 6 heteroatoms. The van der Waals surface area contributed by atoms with E-state index in [9.17, 15) is 9.90 Å². The van der Waals surface area contributed by atoms with Crippen molar-refractivity contribution in [3.05, 3.63) is 64.4 Å². The number of urea groups is 1. The van der Waals surface area contributed by atoms with Crippen LogP contribution in [0.2, 0.25) is 0 Å². The van der Waals surface area contributed by atoms with E-state index in [-0.39, 0.29) is 6.03 Å². The number of likely N-dealkylation sites (tertiary alicyclic amines) is 1. The van der Waals surface area contributed by atoms with Gasteiger partial charge < -0.3 is 15.3 Å². The van der Waals surface area contributed by atoms with Gasteiger partial charge in [-0.15, -0.1) is 0 Å². The minimum absolute atomic E-state index is 0.158. The van der Waals surface area contributed by atoms with Crippen LogP contribution in [0.25, 0.3) is 0 Å². The van der Waals surface area contributed by atoms with Gasteiger partial charge in [0, 0.05) is 30.0 Å². The number of halogens is 1. The van der Waals surface area contributed by atoms with Crippen LogP contribution in [0.5, 0.6) is 0 Å². The zero-order chi connectivity index (χ0) is 17.0. The molecule has 1 aliphatic heterocycles. The molecule has 0 bridgehead atoms. The Kier molecular flexibility index (Phi) is 5.16. The number of rotatable bonds is 3. The van der Waals surface area contributed by atoms with Crippen molar-refractivity contribution >= 4 is 22.0 Å². The number of pyridine rings is 1. The molecule has 126 valence electrons. The zero-order valence-corrected chi connectivity index (χ0v) is 14.9. The van der Waals surface area contributed by atoms with E-state index in [2.05, 4.69) is 26.2 Å². The molecule has 24 heavy (non-hydrogen) atoms. The third-order valence-electron chi connectivity index (χ3n) is 4.31. The van der Waals surface area contributed by atoms with Gasteiger partial charge in [0.05, 0.1) is 6.54 Å². The van der Waals surface area contributed by atoms with E-state index in [4.69, 9.17) is 0 Å². The SMILES string of the molecule is O=C(NCc1cccnc1)N1CCCC(O)(c2ccc(Br)cc2)C1. The van der Waals surface area contributed by atoms with Crippen molar-refractivity contribution in [3.63, 3.8) is 0 Å². The highest BCUT2D eigenvalue weighted by molar-refractivity contribution is 9.10. The summed E-state index contributed by atoms with van der Waals surface area (Å²) in [5.41, 5.74) is 0.798. The van der Waals surface area contributed by atoms with Gasteiger partial charge in [-0.25, -0.2) is 4.79 Å². The molecule has 1 unspecified atom stereocenters. The van der Waals surface area contributed by atoms with Gasteiger partial charge in [0.15, 0.2) is 0 Å². The lowest BCUT2D eigenvalue weighted by molar-refractivity contribution is -0.0230. The number of piperidine rings is 1. The molecule has 0 spiro atoms. The largest absolute Gasteiger partial charge is 0.383 e. The van der Waals surface area contributed by atoms with E-state index >= 15 is 0 Å². The molecule has 5 nitrogen and oxygen atoms in total. The standard InChI is InChI=1S/C18H20BrN3O2/c19-16-6-4-15(5-7-16)18(24)8-2-10-22(13-18)17(23)21-12-14-3-1-9-20-11-14/h1,3-7,9,11,24H,2,8,10,12-13H2,(H,21,23). The van der Waals surface area contributed by atoms with Crippen LogP contribution in [0, 0.1) is 0 Å². The van der Waals surface area contributed by atoms with E-state index in [1.165, 1.54) is 0 Å². The number of nitrogens with zero attached hydrogens (tertiary/aromatic N) is 2. The Hall–Kier alpha value is -1.92. The molecule has 2 amide bonds. The first kappa shape index (κ1) is 16.9. The minimum Gasteiger partial charge on any atom is -0.383 e. The van der Waals surface area contributed by atoms with Crippen molar-refractivity contribution in [3.8, 4) is 0 Å². The molecule has 1 saturated heterocycles. The lowest BCUT2D eigenvalue weighted by atomic mass is 9.86. The molecule has 2 heterocycles. The van der Waals surface area contributed by atoms with Gasteiger partial charge >= 0.3 is 6.03 Å². The number of β-amino-alcohol motifs (C(OH)–C–C–N with tert-alkyl or cyclic N) is 1. The van der Waals surface area contributed by atoms with Crippen molar-refractivity contribution in [2.75, 3.05) is 13.1 Å². The van der Waals surface area contributed by atoms with Crippen LogP contribution in [-0.4, -0.2) is 34.1 Å². The van der Waals surface area contributed by atoms with E-state index in [1.807, 2.05) is 36.4 Å². The molecule has 2 N–H and O–H groups in total. The van der Waals surface area contributed by atoms with E-state index < -0.39 is 5.60 Å². The van der Waals surface area contributed by atoms with Crippen molar-refractivity contribution in [2.45, 2.75) is 25.0 Å². The maximum absolute atomic E-state index is 12.4. The monoisotopic (exact) mass is 389 g/mol. The molecule has 0 aliphatic carbocycles. The van der Waals surface area contributed by atoms with Crippen molar-refractivity contribution in [1.82, 2.24) is 15.2 Å². The second-order valence-electron chi connectivity index (χ2n) is 6.08. The predicted molar refractivity (Wildman–Crippen MR) is 95.3 cm³/mol. The maximum atomic E-state index is 12.4. The summed E-state index contributed by atoms with van der Waals surface area (Å²) in [5.74, 6) is 0. The number of aromatic nitrogens is 1. The Balaban J connectivity index is 1.64. The molecule has 1 aromatic carbocycles. The van der Waals surface area contributed by atoms with Crippen molar-refractivity contribution < 1.29 is 9.90 Å². The molecule has 2 aromatic rings. The molecule has 1 fully saturated rings. The fourth-order valence-electron chi connectivity index (χ4n) is 3.00. The Bertz CT molecular complexity index is 693. The summed E-state index contributed by atoms with van der Waals surface area (Å²) in [5, 5.41) is 13.9. The summed E-state index contributed by atoms with van der Waals surface area (Å²) in [6.45, 7) is 1.38. The summed E-state index contributed by atoms with van der Waals surface area (Å²) in [6.07, 6.45) is 4.86. The zero-order valence-electron chi connectivity index (χ0n) is 13.3. The second-order valence-corrected chi connectivity index (χ2v) is 7.00. The highest BCUT2D eigenvalue weighted by Crippen LogP contribution is 2.32. The van der Waals surface area contributed by atoms with Gasteiger partial charge in [-0.05, 0) is 42.2 Å². The quantitative estimate of drug-likeness (QED) is 0.847. The van der Waals surface area contributed by atoms with Crippen LogP contribution in [-0.2, 0) is 12.1 Å². The van der Waals surface area contributed by atoms with Crippen molar-refractivity contribution in [1.29, 1.82) is 0 Å². The number of hydrogen-bond donors (Lipinski definition) is 2. The average Bonchev–Trinajstić information content (AvgIpc) is 2.61. The molecule has 0 radical (unpaired) electrons. The van der Waals surface area contributed by atoms with E-state index in [1.54, 1.807) is 17.3 Å². The lowest BCUT2D eigenvalue weighted by Crippen LogP contribution is -2.51. The Labute approximate surface area is 149 Å². The van der Waals surface area contributed by atoms with Crippen molar-refractivity contribution in [2.24, 2.45) is 0 Å². The van der Waals surface area contributed by atoms with Crippen LogP contribution in [0.1, 0.15) is 24.0 Å². The minimum atomic E-state index is -0.995. The molecule has 3 rings (SSSR count). The number of hydrogen-bond acceptors (Lipinski definition) is 3. The first-order valence-electron chi connectivity index (χ1n) is 7.97. The topological polar surface area (TPSA) is 65.5 Å². The Morgan fingerprint density at radius 1 is 1.33 bits per heavy atom. The fraction of sp³-hybridized carbons (Fsp3) is 0.333. The lowest BCUT2D eigenvalue weighted by Gasteiger charge is -2.39. The Morgan fingerprint density at radius 2 is 2.12 bits per heavy atom. The Morgan fingerprint density at radius 3 is 2.83 bits per heavy atom. The van der Waals surface area contributed by atoms with Crippen LogP contribution >= 0.6 is 15.9 Å². The molecule has 0 saturated carbocycles. The molecular weight excluding hydrogens is 370 g/mol. The van der Waals surface area contributed by atoms with Crippen LogP contribution < -0.4 is 5.32 Å². The molecule has 1 aromatic heterocycles. The number of amides is 2. The van der Waals surface area contributed by atoms with Gasteiger partial charge in [0.1, 0.15) is 5.60 Å². The summed E-state index contributed by atoms with van der Waals surface area (Å²) < 4.78 is 0.969. The highest BCUT2D eigenvalue weighted by atomic mass is 79.9. The smallest absolute Gasteiger partial charge is 0.317 e. The number of benzene rings is 1. The van der Waals surface area contributed by atoms with Gasteiger partial charge in [-0.1, -0.05) is 34.1 Å². The van der Waals surface area contributed by atoms with Crippen LogP contribution in [0.15, 0.2) is 53.3 Å². The predicted octanol–water partition coefficient (Wildman–Crippen LogP) is 3.04. The number of carbonyl (C=O) groups is 1. The van der Waals surface area contributed by atoms with Crippen LogP contribution in [0.3, 0.4) is 0 Å². The second kappa shape index (κ2) is 7.32. The third kappa shape index (κ3) is 3.94. The van der Waals surface area contributed by atoms with Gasteiger partial charge in [-0.2, -0.15) is 0 Å². The summed E-state index contributed by atoms with van der Waals surface area (Å²) in [4.78, 5) is 18.1. The summed E-state index contributed by atoms with van der Waals surface area (Å²) >= 11 is 3.40. The first-order chi connectivity index (χ1) is 11.6.